The number of ether oxygens (including phenoxy) is 1. The maximum atomic E-state index is 13.3. The van der Waals surface area contributed by atoms with Crippen molar-refractivity contribution in [2.45, 2.75) is 12.3 Å². The van der Waals surface area contributed by atoms with Crippen LogP contribution in [0.2, 0.25) is 5.02 Å². The van der Waals surface area contributed by atoms with Crippen LogP contribution < -0.4 is 10.2 Å². The third-order valence-corrected chi connectivity index (χ3v) is 5.77. The van der Waals surface area contributed by atoms with Crippen LogP contribution in [0.15, 0.2) is 70.1 Å². The topological polar surface area (TPSA) is 97.0 Å². The highest BCUT2D eigenvalue weighted by Crippen LogP contribution is 2.46. The fourth-order valence-corrected chi connectivity index (χ4v) is 4.26. The number of rotatable bonds is 2. The molecular weight excluding hydrogens is 420 g/mol. The van der Waals surface area contributed by atoms with Crippen LogP contribution in [0.5, 0.6) is 17.2 Å². The molecule has 31 heavy (non-hydrogen) atoms. The van der Waals surface area contributed by atoms with Crippen LogP contribution in [0.3, 0.4) is 0 Å². The van der Waals surface area contributed by atoms with Crippen molar-refractivity contribution in [3.05, 3.63) is 87.2 Å². The van der Waals surface area contributed by atoms with Gasteiger partial charge in [0.1, 0.15) is 34.5 Å². The first-order chi connectivity index (χ1) is 14.9. The molecule has 5 rings (SSSR count). The van der Waals surface area contributed by atoms with E-state index in [0.29, 0.717) is 21.7 Å². The van der Waals surface area contributed by atoms with E-state index >= 15 is 0 Å². The van der Waals surface area contributed by atoms with Gasteiger partial charge in [0.25, 0.3) is 0 Å². The summed E-state index contributed by atoms with van der Waals surface area (Å²) in [7, 11) is 0. The minimum Gasteiger partial charge on any atom is -0.508 e. The van der Waals surface area contributed by atoms with Gasteiger partial charge in [0.2, 0.25) is 5.43 Å². The summed E-state index contributed by atoms with van der Waals surface area (Å²) in [6.07, 6.45) is 1.32. The van der Waals surface area contributed by atoms with E-state index in [0.717, 1.165) is 0 Å². The fourth-order valence-electron chi connectivity index (χ4n) is 4.00. The van der Waals surface area contributed by atoms with Gasteiger partial charge in [-0.25, -0.2) is 0 Å². The van der Waals surface area contributed by atoms with Crippen LogP contribution in [0, 0.1) is 0 Å². The molecule has 2 N–H and O–H groups in total. The summed E-state index contributed by atoms with van der Waals surface area (Å²) in [5.41, 5.74) is 1.63. The van der Waals surface area contributed by atoms with Crippen molar-refractivity contribution in [1.82, 2.24) is 0 Å². The molecule has 3 aromatic carbocycles. The lowest BCUT2D eigenvalue weighted by molar-refractivity contribution is -0.135. The summed E-state index contributed by atoms with van der Waals surface area (Å²) in [5.74, 6) is -1.13. The van der Waals surface area contributed by atoms with E-state index < -0.39 is 17.3 Å². The molecule has 4 aromatic rings. The Morgan fingerprint density at radius 1 is 1.00 bits per heavy atom. The van der Waals surface area contributed by atoms with E-state index in [1.807, 2.05) is 6.07 Å². The maximum absolute atomic E-state index is 13.3. The number of fused-ring (bicyclic) bond motifs is 3. The molecule has 0 amide bonds. The normalized spacial score (nSPS) is 15.5. The summed E-state index contributed by atoms with van der Waals surface area (Å²) in [4.78, 5) is 25.5. The summed E-state index contributed by atoms with van der Waals surface area (Å²) in [6.45, 7) is 0. The number of halogens is 1. The van der Waals surface area contributed by atoms with Gasteiger partial charge in [-0.05, 0) is 29.3 Å². The second kappa shape index (κ2) is 7.18. The highest BCUT2D eigenvalue weighted by atomic mass is 35.5. The number of phenolic OH excluding ortho intramolecular Hbond substituents is 2. The third kappa shape index (κ3) is 3.12. The van der Waals surface area contributed by atoms with Crippen LogP contribution in [0.4, 0.5) is 0 Å². The lowest BCUT2D eigenvalue weighted by Gasteiger charge is -2.26. The minimum atomic E-state index is -0.504. The van der Waals surface area contributed by atoms with E-state index in [1.54, 1.807) is 30.3 Å². The van der Waals surface area contributed by atoms with E-state index in [-0.39, 0.29) is 40.2 Å². The number of carbonyl (C=O) groups is 1. The van der Waals surface area contributed by atoms with Gasteiger partial charge in [-0.1, -0.05) is 41.9 Å². The Morgan fingerprint density at radius 2 is 1.74 bits per heavy atom. The van der Waals surface area contributed by atoms with Crippen LogP contribution in [-0.4, -0.2) is 16.2 Å². The Kier molecular flexibility index (Phi) is 4.45. The zero-order chi connectivity index (χ0) is 21.7. The lowest BCUT2D eigenvalue weighted by atomic mass is 9.85. The van der Waals surface area contributed by atoms with Crippen LogP contribution in [0.1, 0.15) is 23.5 Å². The number of phenols is 2. The standard InChI is InChI=1S/C24H15ClO6/c25-17-4-2-1-3-14(17)15-9-20(28)31-19-10-18(27)22-23(29)16(11-30-24(22)21(15)19)12-5-7-13(26)8-6-12/h1-8,10-11,15,26-27H,9H2/t15-/m0/s1. The SMILES string of the molecule is O=C1C[C@@H](c2ccccc2Cl)c2c(cc(O)c3c(=O)c(-c4ccc(O)cc4)coc23)O1. The molecule has 0 unspecified atom stereocenters. The second-order valence-electron chi connectivity index (χ2n) is 7.29. The molecule has 0 saturated carbocycles. The van der Waals surface area contributed by atoms with Gasteiger partial charge in [0.15, 0.2) is 0 Å². The highest BCUT2D eigenvalue weighted by Gasteiger charge is 2.34. The van der Waals surface area contributed by atoms with Gasteiger partial charge in [-0.2, -0.15) is 0 Å². The fraction of sp³-hybridized carbons (Fsp3) is 0.0833. The number of aromatic hydroxyl groups is 2. The van der Waals surface area contributed by atoms with Gasteiger partial charge in [-0.3, -0.25) is 9.59 Å². The first-order valence-corrected chi connectivity index (χ1v) is 9.87. The molecule has 0 aliphatic carbocycles. The highest BCUT2D eigenvalue weighted by molar-refractivity contribution is 6.31. The molecule has 2 heterocycles. The maximum Gasteiger partial charge on any atom is 0.312 e. The molecule has 0 spiro atoms. The van der Waals surface area contributed by atoms with Crippen molar-refractivity contribution < 1.29 is 24.2 Å². The lowest BCUT2D eigenvalue weighted by Crippen LogP contribution is -2.22. The Bertz CT molecular complexity index is 1400. The van der Waals surface area contributed by atoms with E-state index in [9.17, 15) is 19.8 Å². The molecule has 1 aromatic heterocycles. The third-order valence-electron chi connectivity index (χ3n) is 5.43. The van der Waals surface area contributed by atoms with E-state index in [2.05, 4.69) is 0 Å². The molecule has 7 heteroatoms. The number of hydrogen-bond donors (Lipinski definition) is 2. The monoisotopic (exact) mass is 434 g/mol. The number of esters is 1. The van der Waals surface area contributed by atoms with Crippen molar-refractivity contribution in [2.75, 3.05) is 0 Å². The number of hydrogen-bond acceptors (Lipinski definition) is 6. The molecule has 1 aliphatic heterocycles. The Morgan fingerprint density at radius 3 is 2.48 bits per heavy atom. The first kappa shape index (κ1) is 19.2. The summed E-state index contributed by atoms with van der Waals surface area (Å²) in [6, 6.07) is 14.5. The molecular formula is C24H15ClO6. The number of benzene rings is 3. The molecule has 6 nitrogen and oxygen atoms in total. The minimum absolute atomic E-state index is 0.0139. The average molecular weight is 435 g/mol. The first-order valence-electron chi connectivity index (χ1n) is 9.50. The van der Waals surface area contributed by atoms with Gasteiger partial charge in [0.05, 0.1) is 12.0 Å². The zero-order valence-corrected chi connectivity index (χ0v) is 16.7. The van der Waals surface area contributed by atoms with Crippen molar-refractivity contribution in [2.24, 2.45) is 0 Å². The van der Waals surface area contributed by atoms with Crippen LogP contribution in [-0.2, 0) is 4.79 Å². The van der Waals surface area contributed by atoms with Gasteiger partial charge >= 0.3 is 5.97 Å². The molecule has 0 fully saturated rings. The van der Waals surface area contributed by atoms with Crippen molar-refractivity contribution >= 4 is 28.5 Å². The molecule has 0 bridgehead atoms. The average Bonchev–Trinajstić information content (AvgIpc) is 2.74. The van der Waals surface area contributed by atoms with Crippen LogP contribution >= 0.6 is 11.6 Å². The molecule has 0 saturated heterocycles. The molecule has 1 atom stereocenters. The zero-order valence-electron chi connectivity index (χ0n) is 16.0. The van der Waals surface area contributed by atoms with Gasteiger partial charge in [0, 0.05) is 22.6 Å². The molecule has 0 radical (unpaired) electrons. The second-order valence-corrected chi connectivity index (χ2v) is 7.70. The van der Waals surface area contributed by atoms with Gasteiger partial charge < -0.3 is 19.4 Å². The summed E-state index contributed by atoms with van der Waals surface area (Å²) >= 11 is 6.39. The van der Waals surface area contributed by atoms with E-state index in [4.69, 9.17) is 20.8 Å². The largest absolute Gasteiger partial charge is 0.508 e. The Hall–Kier alpha value is -3.77. The van der Waals surface area contributed by atoms with Crippen molar-refractivity contribution in [1.29, 1.82) is 0 Å². The number of carbonyl (C=O) groups excluding carboxylic acids is 1. The molecule has 154 valence electrons. The van der Waals surface area contributed by atoms with Crippen molar-refractivity contribution in [3.8, 4) is 28.4 Å². The smallest absolute Gasteiger partial charge is 0.312 e. The predicted octanol–water partition coefficient (Wildman–Crippen LogP) is 4.97. The summed E-state index contributed by atoms with van der Waals surface area (Å²) in [5, 5.41) is 20.6. The molecule has 1 aliphatic rings. The Labute approximate surface area is 180 Å². The van der Waals surface area contributed by atoms with Crippen molar-refractivity contribution in [3.63, 3.8) is 0 Å². The van der Waals surface area contributed by atoms with Gasteiger partial charge in [-0.15, -0.1) is 0 Å². The predicted molar refractivity (Wildman–Crippen MR) is 115 cm³/mol. The van der Waals surface area contributed by atoms with Crippen LogP contribution in [0.25, 0.3) is 22.1 Å². The Balaban J connectivity index is 1.80. The summed E-state index contributed by atoms with van der Waals surface area (Å²) < 4.78 is 11.2. The quantitative estimate of drug-likeness (QED) is 0.341. The van der Waals surface area contributed by atoms with E-state index in [1.165, 1.54) is 24.5 Å².